The molecule has 42 heavy (non-hydrogen) atoms. The van der Waals surface area contributed by atoms with Crippen molar-refractivity contribution in [3.05, 3.63) is 64.9 Å². The zero-order valence-corrected chi connectivity index (χ0v) is 24.1. The molecule has 0 saturated carbocycles. The van der Waals surface area contributed by atoms with Crippen LogP contribution in [0.1, 0.15) is 19.4 Å². The maximum absolute atomic E-state index is 14.8. The standard InChI is InChI=1S/C29H30F4N4O4S/c1-5-23(38)37-16(2)11-35(12-17(37)3)27-21-10-22(29(31,32)33)24(18-6-8-19(30)9-7-18)26-25(21)36(28(39)34-27)13-20(14-42-26)41-15-40-4/h5-10,16-17,20H,1,11-15H2,2-4H3/t16-,17+,20-/m1/s1. The second-order valence-electron chi connectivity index (χ2n) is 10.4. The maximum Gasteiger partial charge on any atom is 0.417 e. The van der Waals surface area contributed by atoms with Gasteiger partial charge in [-0.3, -0.25) is 9.36 Å². The Labute approximate surface area is 243 Å². The topological polar surface area (TPSA) is 76.9 Å². The molecule has 1 saturated heterocycles. The second kappa shape index (κ2) is 11.7. The summed E-state index contributed by atoms with van der Waals surface area (Å²) in [5, 5.41) is 0.158. The van der Waals surface area contributed by atoms with Crippen molar-refractivity contribution in [3.63, 3.8) is 0 Å². The number of ether oxygens (including phenoxy) is 2. The minimum Gasteiger partial charge on any atom is -0.359 e. The molecule has 2 aromatic carbocycles. The van der Waals surface area contributed by atoms with Crippen LogP contribution in [0.15, 0.2) is 52.7 Å². The first-order valence-electron chi connectivity index (χ1n) is 13.3. The zero-order valence-electron chi connectivity index (χ0n) is 23.3. The molecule has 0 N–H and O–H groups in total. The predicted molar refractivity (Wildman–Crippen MR) is 152 cm³/mol. The molecule has 2 aliphatic rings. The van der Waals surface area contributed by atoms with Gasteiger partial charge in [-0.05, 0) is 43.7 Å². The van der Waals surface area contributed by atoms with Gasteiger partial charge in [-0.25, -0.2) is 9.18 Å². The lowest BCUT2D eigenvalue weighted by Gasteiger charge is -2.44. The number of benzene rings is 2. The number of hydrogen-bond acceptors (Lipinski definition) is 7. The van der Waals surface area contributed by atoms with Gasteiger partial charge in [-0.15, -0.1) is 11.8 Å². The minimum atomic E-state index is -4.78. The van der Waals surface area contributed by atoms with Crippen molar-refractivity contribution in [3.8, 4) is 11.1 Å². The van der Waals surface area contributed by atoms with Crippen LogP contribution in [0.5, 0.6) is 0 Å². The summed E-state index contributed by atoms with van der Waals surface area (Å²) in [7, 11) is 1.45. The van der Waals surface area contributed by atoms with Gasteiger partial charge in [0.25, 0.3) is 0 Å². The number of carbonyl (C=O) groups is 1. The lowest BCUT2D eigenvalue weighted by Crippen LogP contribution is -2.58. The van der Waals surface area contributed by atoms with E-state index in [1.807, 2.05) is 13.8 Å². The molecule has 224 valence electrons. The number of nitrogens with zero attached hydrogens (tertiary/aromatic N) is 4. The molecule has 13 heteroatoms. The highest BCUT2D eigenvalue weighted by atomic mass is 32.2. The number of alkyl halides is 3. The Hall–Kier alpha value is -3.42. The third-order valence-corrected chi connectivity index (χ3v) is 8.73. The van der Waals surface area contributed by atoms with Gasteiger partial charge in [0, 0.05) is 53.9 Å². The van der Waals surface area contributed by atoms with Gasteiger partial charge in [0.1, 0.15) is 18.4 Å². The third-order valence-electron chi connectivity index (χ3n) is 7.51. The van der Waals surface area contributed by atoms with Crippen LogP contribution in [0, 0.1) is 5.82 Å². The van der Waals surface area contributed by atoms with Crippen molar-refractivity contribution in [1.82, 2.24) is 14.5 Å². The third kappa shape index (κ3) is 5.52. The zero-order chi connectivity index (χ0) is 30.3. The average molecular weight is 607 g/mol. The van der Waals surface area contributed by atoms with Crippen LogP contribution in [0.25, 0.3) is 22.0 Å². The summed E-state index contributed by atoms with van der Waals surface area (Å²) in [6.07, 6.45) is -4.11. The number of thioether (sulfide) groups is 1. The van der Waals surface area contributed by atoms with Gasteiger partial charge in [0.05, 0.1) is 23.7 Å². The van der Waals surface area contributed by atoms with Crippen molar-refractivity contribution >= 4 is 34.4 Å². The summed E-state index contributed by atoms with van der Waals surface area (Å²) in [5.41, 5.74) is -1.23. The lowest BCUT2D eigenvalue weighted by atomic mass is 9.96. The fraction of sp³-hybridized carbons (Fsp3) is 0.414. The van der Waals surface area contributed by atoms with Gasteiger partial charge in [-0.1, -0.05) is 18.7 Å². The van der Waals surface area contributed by atoms with Gasteiger partial charge < -0.3 is 19.3 Å². The second-order valence-corrected chi connectivity index (χ2v) is 11.4. The van der Waals surface area contributed by atoms with Crippen LogP contribution in [0.4, 0.5) is 23.4 Å². The molecule has 1 amide bonds. The van der Waals surface area contributed by atoms with Crippen molar-refractivity contribution in [2.24, 2.45) is 0 Å². The molecule has 1 aromatic heterocycles. The SMILES string of the molecule is C=CC(=O)N1[C@H](C)CN(c2nc(=O)n3c4c(c(-c5ccc(F)cc5)c(C(F)(F)F)cc24)SC[C@H](OCOC)C3)C[C@@H]1C. The molecule has 0 bridgehead atoms. The largest absolute Gasteiger partial charge is 0.417 e. The molecule has 0 unspecified atom stereocenters. The van der Waals surface area contributed by atoms with Crippen LogP contribution in [-0.2, 0) is 27.0 Å². The fourth-order valence-corrected chi connectivity index (χ4v) is 7.09. The van der Waals surface area contributed by atoms with Gasteiger partial charge in [0.15, 0.2) is 0 Å². The highest BCUT2D eigenvalue weighted by molar-refractivity contribution is 7.99. The molecule has 3 heterocycles. The van der Waals surface area contributed by atoms with E-state index in [4.69, 9.17) is 9.47 Å². The molecule has 5 rings (SSSR count). The molecule has 0 radical (unpaired) electrons. The fourth-order valence-electron chi connectivity index (χ4n) is 5.80. The number of aromatic nitrogens is 2. The van der Waals surface area contributed by atoms with Crippen molar-refractivity contribution in [1.29, 1.82) is 0 Å². The first kappa shape index (κ1) is 30.1. The van der Waals surface area contributed by atoms with E-state index < -0.39 is 29.4 Å². The lowest BCUT2D eigenvalue weighted by molar-refractivity contribution is -0.137. The summed E-state index contributed by atoms with van der Waals surface area (Å²) in [6.45, 7) is 7.71. The molecule has 0 aliphatic carbocycles. The summed E-state index contributed by atoms with van der Waals surface area (Å²) in [4.78, 5) is 34.1. The Morgan fingerprint density at radius 3 is 2.43 bits per heavy atom. The maximum atomic E-state index is 14.8. The van der Waals surface area contributed by atoms with Crippen LogP contribution in [0.3, 0.4) is 0 Å². The Bertz CT molecular complexity index is 1570. The quantitative estimate of drug-likeness (QED) is 0.224. The van der Waals surface area contributed by atoms with E-state index in [2.05, 4.69) is 11.6 Å². The van der Waals surface area contributed by atoms with E-state index in [9.17, 15) is 27.2 Å². The molecule has 0 spiro atoms. The number of rotatable bonds is 6. The van der Waals surface area contributed by atoms with E-state index in [1.54, 1.807) is 9.80 Å². The van der Waals surface area contributed by atoms with Crippen molar-refractivity contribution in [2.45, 2.75) is 49.7 Å². The van der Waals surface area contributed by atoms with Crippen LogP contribution >= 0.6 is 11.8 Å². The number of hydrogen-bond donors (Lipinski definition) is 0. The number of amides is 1. The summed E-state index contributed by atoms with van der Waals surface area (Å²) in [5.74, 6) is -0.482. The van der Waals surface area contributed by atoms with Crippen molar-refractivity contribution in [2.75, 3.05) is 37.6 Å². The number of methoxy groups -OCH3 is 1. The predicted octanol–water partition coefficient (Wildman–Crippen LogP) is 4.93. The van der Waals surface area contributed by atoms with Gasteiger partial charge in [-0.2, -0.15) is 18.2 Å². The first-order chi connectivity index (χ1) is 19.9. The normalized spacial score (nSPS) is 21.0. The minimum absolute atomic E-state index is 0.0502. The molecular formula is C29H30F4N4O4S. The first-order valence-corrected chi connectivity index (χ1v) is 14.3. The monoisotopic (exact) mass is 606 g/mol. The Morgan fingerprint density at radius 1 is 1.17 bits per heavy atom. The van der Waals surface area contributed by atoms with Gasteiger partial charge >= 0.3 is 11.9 Å². The Kier molecular flexibility index (Phi) is 8.37. The highest BCUT2D eigenvalue weighted by Gasteiger charge is 2.39. The Balaban J connectivity index is 1.79. The van der Waals surface area contributed by atoms with Gasteiger partial charge in [0.2, 0.25) is 5.91 Å². The molecular weight excluding hydrogens is 576 g/mol. The molecule has 1 fully saturated rings. The van der Waals surface area contributed by atoms with E-state index in [1.165, 1.54) is 29.9 Å². The van der Waals surface area contributed by atoms with Crippen LogP contribution < -0.4 is 10.6 Å². The number of anilines is 1. The van der Waals surface area contributed by atoms with E-state index in [0.29, 0.717) is 5.52 Å². The van der Waals surface area contributed by atoms with E-state index in [0.717, 1.165) is 30.0 Å². The highest BCUT2D eigenvalue weighted by Crippen LogP contribution is 2.48. The smallest absolute Gasteiger partial charge is 0.359 e. The summed E-state index contributed by atoms with van der Waals surface area (Å²) >= 11 is 1.14. The molecule has 3 atom stereocenters. The molecule has 8 nitrogen and oxygen atoms in total. The molecule has 3 aromatic rings. The van der Waals surface area contributed by atoms with Crippen molar-refractivity contribution < 1.29 is 31.8 Å². The summed E-state index contributed by atoms with van der Waals surface area (Å²) in [6, 6.07) is 5.20. The number of carbonyl (C=O) groups excluding carboxylic acids is 1. The Morgan fingerprint density at radius 2 is 1.83 bits per heavy atom. The number of halogens is 4. The van der Waals surface area contributed by atoms with Crippen LogP contribution in [0.2, 0.25) is 0 Å². The van der Waals surface area contributed by atoms with E-state index >= 15 is 0 Å². The van der Waals surface area contributed by atoms with Crippen LogP contribution in [-0.4, -0.2) is 71.3 Å². The number of piperazine rings is 1. The summed E-state index contributed by atoms with van der Waals surface area (Å²) < 4.78 is 70.3. The van der Waals surface area contributed by atoms with E-state index in [-0.39, 0.29) is 77.4 Å². The molecule has 2 aliphatic heterocycles. The average Bonchev–Trinajstić information content (AvgIpc) is 3.13.